The standard InChI is InChI=1S/C25H29N5O3S/c1-7-34-25-28-24-26-16(4)21(23(31)27-19-10-8-9-14(2)15(19)3)22(30(24)29-25)18-13-17(32-5)11-12-20(18)33-6/h8-13,22H,7H2,1-6H3,(H,27,31)(H,26,28,29). The summed E-state index contributed by atoms with van der Waals surface area (Å²) in [6, 6.07) is 10.8. The summed E-state index contributed by atoms with van der Waals surface area (Å²) in [4.78, 5) is 18.4. The molecular formula is C25H29N5O3S. The maximum Gasteiger partial charge on any atom is 0.255 e. The van der Waals surface area contributed by atoms with E-state index in [0.717, 1.165) is 28.1 Å². The molecule has 1 aliphatic rings. The van der Waals surface area contributed by atoms with E-state index in [4.69, 9.17) is 14.6 Å². The average Bonchev–Trinajstić information content (AvgIpc) is 3.22. The number of hydrogen-bond acceptors (Lipinski definition) is 7. The molecule has 1 amide bonds. The van der Waals surface area contributed by atoms with Crippen molar-refractivity contribution in [1.29, 1.82) is 0 Å². The van der Waals surface area contributed by atoms with E-state index in [-0.39, 0.29) is 5.91 Å². The van der Waals surface area contributed by atoms with Crippen molar-refractivity contribution in [2.24, 2.45) is 0 Å². The third kappa shape index (κ3) is 4.35. The summed E-state index contributed by atoms with van der Waals surface area (Å²) < 4.78 is 12.9. The fourth-order valence-corrected chi connectivity index (χ4v) is 4.59. The lowest BCUT2D eigenvalue weighted by Crippen LogP contribution is -2.32. The van der Waals surface area contributed by atoms with Gasteiger partial charge in [0.1, 0.15) is 17.5 Å². The number of carbonyl (C=O) groups is 1. The van der Waals surface area contributed by atoms with E-state index in [0.29, 0.717) is 33.9 Å². The number of benzene rings is 2. The Morgan fingerprint density at radius 2 is 1.97 bits per heavy atom. The molecule has 2 aromatic carbocycles. The highest BCUT2D eigenvalue weighted by atomic mass is 32.2. The number of aryl methyl sites for hydroxylation is 1. The summed E-state index contributed by atoms with van der Waals surface area (Å²) in [7, 11) is 3.22. The van der Waals surface area contributed by atoms with Crippen LogP contribution in [-0.2, 0) is 4.79 Å². The fourth-order valence-electron chi connectivity index (χ4n) is 4.03. The van der Waals surface area contributed by atoms with Crippen LogP contribution in [0.1, 0.15) is 36.6 Å². The molecule has 34 heavy (non-hydrogen) atoms. The molecule has 0 fully saturated rings. The number of amides is 1. The summed E-state index contributed by atoms with van der Waals surface area (Å²) in [5.74, 6) is 2.48. The second kappa shape index (κ2) is 9.80. The number of aromatic nitrogens is 3. The van der Waals surface area contributed by atoms with Crippen molar-refractivity contribution in [3.05, 3.63) is 64.4 Å². The van der Waals surface area contributed by atoms with Crippen LogP contribution >= 0.6 is 11.8 Å². The molecule has 1 atom stereocenters. The smallest absolute Gasteiger partial charge is 0.255 e. The first kappa shape index (κ1) is 23.7. The van der Waals surface area contributed by atoms with Gasteiger partial charge in [0.25, 0.3) is 5.91 Å². The van der Waals surface area contributed by atoms with Gasteiger partial charge in [-0.2, -0.15) is 4.98 Å². The van der Waals surface area contributed by atoms with Gasteiger partial charge in [-0.25, -0.2) is 4.68 Å². The van der Waals surface area contributed by atoms with Gasteiger partial charge in [-0.1, -0.05) is 30.8 Å². The fraction of sp³-hybridized carbons (Fsp3) is 0.320. The molecule has 9 heteroatoms. The summed E-state index contributed by atoms with van der Waals surface area (Å²) in [5, 5.41) is 11.7. The molecule has 178 valence electrons. The van der Waals surface area contributed by atoms with E-state index < -0.39 is 6.04 Å². The first-order valence-corrected chi connectivity index (χ1v) is 12.0. The summed E-state index contributed by atoms with van der Waals surface area (Å²) in [6.07, 6.45) is 0. The average molecular weight is 480 g/mol. The van der Waals surface area contributed by atoms with Crippen molar-refractivity contribution in [3.63, 3.8) is 0 Å². The van der Waals surface area contributed by atoms with Crippen LogP contribution in [0.5, 0.6) is 11.5 Å². The van der Waals surface area contributed by atoms with Crippen LogP contribution < -0.4 is 20.1 Å². The molecule has 0 aliphatic carbocycles. The van der Waals surface area contributed by atoms with Crippen LogP contribution in [-0.4, -0.2) is 40.6 Å². The quantitative estimate of drug-likeness (QED) is 0.463. The largest absolute Gasteiger partial charge is 0.497 e. The zero-order chi connectivity index (χ0) is 24.4. The molecule has 2 N–H and O–H groups in total. The van der Waals surface area contributed by atoms with Gasteiger partial charge >= 0.3 is 0 Å². The summed E-state index contributed by atoms with van der Waals surface area (Å²) >= 11 is 1.54. The maximum atomic E-state index is 13.8. The first-order valence-electron chi connectivity index (χ1n) is 11.0. The SMILES string of the molecule is CCSc1nc2n(n1)C(c1cc(OC)ccc1OC)C(C(=O)Nc1cccc(C)c1C)=C(C)N2. The Bertz CT molecular complexity index is 1270. The summed E-state index contributed by atoms with van der Waals surface area (Å²) in [6.45, 7) is 7.95. The number of ether oxygens (including phenoxy) is 2. The van der Waals surface area contributed by atoms with E-state index >= 15 is 0 Å². The van der Waals surface area contributed by atoms with Gasteiger partial charge in [0.05, 0.1) is 19.8 Å². The Labute approximate surface area is 203 Å². The topological polar surface area (TPSA) is 90.3 Å². The zero-order valence-corrected chi connectivity index (χ0v) is 21.0. The van der Waals surface area contributed by atoms with E-state index in [2.05, 4.69) is 15.6 Å². The van der Waals surface area contributed by atoms with Gasteiger partial charge in [-0.15, -0.1) is 5.10 Å². The monoisotopic (exact) mass is 479 g/mol. The van der Waals surface area contributed by atoms with Crippen molar-refractivity contribution in [2.45, 2.75) is 38.9 Å². The van der Waals surface area contributed by atoms with E-state index in [1.807, 2.05) is 64.1 Å². The lowest BCUT2D eigenvalue weighted by molar-refractivity contribution is -0.113. The molecule has 0 spiro atoms. The number of fused-ring (bicyclic) bond motifs is 1. The number of rotatable bonds is 7. The molecule has 3 aromatic rings. The maximum absolute atomic E-state index is 13.8. The Morgan fingerprint density at radius 1 is 1.18 bits per heavy atom. The van der Waals surface area contributed by atoms with Crippen molar-refractivity contribution in [2.75, 3.05) is 30.6 Å². The van der Waals surface area contributed by atoms with Crippen molar-refractivity contribution >= 4 is 29.3 Å². The molecule has 8 nitrogen and oxygen atoms in total. The lowest BCUT2D eigenvalue weighted by Gasteiger charge is -2.30. The Balaban J connectivity index is 1.86. The molecule has 0 saturated carbocycles. The minimum Gasteiger partial charge on any atom is -0.497 e. The number of methoxy groups -OCH3 is 2. The van der Waals surface area contributed by atoms with Crippen LogP contribution in [0, 0.1) is 13.8 Å². The number of hydrogen-bond donors (Lipinski definition) is 2. The zero-order valence-electron chi connectivity index (χ0n) is 20.2. The van der Waals surface area contributed by atoms with Crippen LogP contribution in [0.3, 0.4) is 0 Å². The van der Waals surface area contributed by atoms with E-state index in [9.17, 15) is 4.79 Å². The third-order valence-electron chi connectivity index (χ3n) is 5.94. The van der Waals surface area contributed by atoms with Crippen LogP contribution in [0.2, 0.25) is 0 Å². The number of allylic oxidation sites excluding steroid dienone is 1. The third-order valence-corrected chi connectivity index (χ3v) is 6.66. The molecule has 0 radical (unpaired) electrons. The molecule has 1 unspecified atom stereocenters. The number of nitrogens with zero attached hydrogens (tertiary/aromatic N) is 3. The normalized spacial score (nSPS) is 14.9. The van der Waals surface area contributed by atoms with Gasteiger partial charge in [-0.3, -0.25) is 4.79 Å². The van der Waals surface area contributed by atoms with Gasteiger partial charge in [-0.05, 0) is 61.9 Å². The second-order valence-corrected chi connectivity index (χ2v) is 9.20. The number of anilines is 2. The molecule has 2 heterocycles. The predicted molar refractivity (Wildman–Crippen MR) is 135 cm³/mol. The molecule has 1 aliphatic heterocycles. The lowest BCUT2D eigenvalue weighted by atomic mass is 9.93. The van der Waals surface area contributed by atoms with Crippen LogP contribution in [0.15, 0.2) is 52.8 Å². The minimum atomic E-state index is -0.565. The number of nitrogens with one attached hydrogen (secondary N) is 2. The molecule has 1 aromatic heterocycles. The van der Waals surface area contributed by atoms with Crippen molar-refractivity contribution in [1.82, 2.24) is 14.8 Å². The van der Waals surface area contributed by atoms with Crippen LogP contribution in [0.25, 0.3) is 0 Å². The summed E-state index contributed by atoms with van der Waals surface area (Å²) in [5.41, 5.74) is 4.89. The highest BCUT2D eigenvalue weighted by Crippen LogP contribution is 2.41. The second-order valence-electron chi connectivity index (χ2n) is 7.97. The Morgan fingerprint density at radius 3 is 2.68 bits per heavy atom. The number of thioether (sulfide) groups is 1. The van der Waals surface area contributed by atoms with Crippen molar-refractivity contribution in [3.8, 4) is 11.5 Å². The first-order chi connectivity index (χ1) is 16.4. The molecule has 0 bridgehead atoms. The Hall–Kier alpha value is -3.46. The highest BCUT2D eigenvalue weighted by Gasteiger charge is 2.36. The number of carbonyl (C=O) groups excluding carboxylic acids is 1. The molecule has 4 rings (SSSR count). The molecule has 0 saturated heterocycles. The van der Waals surface area contributed by atoms with E-state index in [1.165, 1.54) is 0 Å². The van der Waals surface area contributed by atoms with Crippen LogP contribution in [0.4, 0.5) is 11.6 Å². The van der Waals surface area contributed by atoms with Gasteiger partial charge in [0.15, 0.2) is 0 Å². The van der Waals surface area contributed by atoms with Crippen molar-refractivity contribution < 1.29 is 14.3 Å². The molecular weight excluding hydrogens is 450 g/mol. The highest BCUT2D eigenvalue weighted by molar-refractivity contribution is 7.99. The van der Waals surface area contributed by atoms with E-state index in [1.54, 1.807) is 30.7 Å². The minimum absolute atomic E-state index is 0.223. The van der Waals surface area contributed by atoms with Gasteiger partial charge in [0.2, 0.25) is 11.1 Å². The van der Waals surface area contributed by atoms with Gasteiger partial charge < -0.3 is 20.1 Å². The predicted octanol–water partition coefficient (Wildman–Crippen LogP) is 4.95. The van der Waals surface area contributed by atoms with Gasteiger partial charge in [0, 0.05) is 16.9 Å². The Kier molecular flexibility index (Phi) is 6.83.